The van der Waals surface area contributed by atoms with Gasteiger partial charge in [0.1, 0.15) is 0 Å². The van der Waals surface area contributed by atoms with E-state index < -0.39 is 0 Å². The number of nitrogens with zero attached hydrogens (tertiary/aromatic N) is 1. The Morgan fingerprint density at radius 1 is 1.08 bits per heavy atom. The van der Waals surface area contributed by atoms with E-state index >= 15 is 0 Å². The molecule has 3 rings (SSSR count). The molecule has 1 heterocycles. The molecule has 1 amide bonds. The number of H-pyrrole nitrogens is 2. The second kappa shape index (κ2) is 7.06. The van der Waals surface area contributed by atoms with Crippen molar-refractivity contribution >= 4 is 29.9 Å². The van der Waals surface area contributed by atoms with Gasteiger partial charge < -0.3 is 5.32 Å². The highest BCUT2D eigenvalue weighted by molar-refractivity contribution is 7.71. The minimum Gasteiger partial charge on any atom is -0.319 e. The van der Waals surface area contributed by atoms with E-state index in [2.05, 4.69) is 20.5 Å². The second-order valence-electron chi connectivity index (χ2n) is 5.30. The Bertz CT molecular complexity index is 923. The van der Waals surface area contributed by atoms with E-state index in [9.17, 15) is 4.79 Å². The van der Waals surface area contributed by atoms with E-state index in [1.54, 1.807) is 12.1 Å². The van der Waals surface area contributed by atoms with E-state index in [1.165, 1.54) is 0 Å². The van der Waals surface area contributed by atoms with Gasteiger partial charge in [0.05, 0.1) is 5.70 Å². The fourth-order valence-electron chi connectivity index (χ4n) is 2.18. The van der Waals surface area contributed by atoms with Gasteiger partial charge >= 0.3 is 0 Å². The summed E-state index contributed by atoms with van der Waals surface area (Å²) in [6, 6.07) is 17.1. The monoisotopic (exact) mass is 336 g/mol. The predicted octanol–water partition coefficient (Wildman–Crippen LogP) is 3.70. The molecule has 1 aromatic heterocycles. The summed E-state index contributed by atoms with van der Waals surface area (Å²) >= 11 is 5.00. The third-order valence-corrected chi connectivity index (χ3v) is 3.62. The van der Waals surface area contributed by atoms with Crippen molar-refractivity contribution in [1.82, 2.24) is 20.5 Å². The highest BCUT2D eigenvalue weighted by atomic mass is 32.1. The van der Waals surface area contributed by atoms with E-state index in [0.717, 1.165) is 11.1 Å². The molecule has 0 fully saturated rings. The van der Waals surface area contributed by atoms with Gasteiger partial charge in [-0.15, -0.1) is 0 Å². The molecule has 0 saturated carbocycles. The van der Waals surface area contributed by atoms with Crippen LogP contribution in [0, 0.1) is 11.7 Å². The van der Waals surface area contributed by atoms with Crippen LogP contribution in [0.5, 0.6) is 0 Å². The van der Waals surface area contributed by atoms with E-state index in [0.29, 0.717) is 21.9 Å². The van der Waals surface area contributed by atoms with Crippen molar-refractivity contribution in [3.8, 4) is 0 Å². The molecule has 3 N–H and O–H groups in total. The molecule has 0 unspecified atom stereocenters. The molecule has 0 radical (unpaired) electrons. The topological polar surface area (TPSA) is 73.6 Å². The first kappa shape index (κ1) is 15.9. The van der Waals surface area contributed by atoms with Crippen LogP contribution < -0.4 is 5.32 Å². The van der Waals surface area contributed by atoms with Crippen molar-refractivity contribution in [2.45, 2.75) is 6.92 Å². The number of hydrogen-bond donors (Lipinski definition) is 3. The van der Waals surface area contributed by atoms with Gasteiger partial charge in [-0.25, -0.2) is 0 Å². The lowest BCUT2D eigenvalue weighted by atomic mass is 10.1. The number of carbonyl (C=O) groups excluding carboxylic acids is 1. The maximum atomic E-state index is 12.5. The number of nitrogens with one attached hydrogen (secondary N) is 3. The summed E-state index contributed by atoms with van der Waals surface area (Å²) in [6.45, 7) is 1.98. The third-order valence-electron chi connectivity index (χ3n) is 3.43. The number of aryl methyl sites for hydroxylation is 1. The van der Waals surface area contributed by atoms with Crippen LogP contribution >= 0.6 is 12.2 Å². The molecule has 0 atom stereocenters. The zero-order valence-electron chi connectivity index (χ0n) is 13.0. The Hall–Kier alpha value is -2.99. The summed E-state index contributed by atoms with van der Waals surface area (Å²) < 4.78 is 0.327. The Kier molecular flexibility index (Phi) is 4.67. The van der Waals surface area contributed by atoms with E-state index in [4.69, 9.17) is 12.2 Å². The number of aromatic nitrogens is 3. The fourth-order valence-corrected chi connectivity index (χ4v) is 2.32. The maximum Gasteiger partial charge on any atom is 0.255 e. The number of amides is 1. The van der Waals surface area contributed by atoms with Crippen LogP contribution in [0.2, 0.25) is 0 Å². The molecule has 120 valence electrons. The van der Waals surface area contributed by atoms with Crippen molar-refractivity contribution in [3.05, 3.63) is 81.9 Å². The van der Waals surface area contributed by atoms with Gasteiger partial charge in [-0.3, -0.25) is 15.0 Å². The average molecular weight is 336 g/mol. The van der Waals surface area contributed by atoms with Gasteiger partial charge in [-0.2, -0.15) is 4.98 Å². The maximum absolute atomic E-state index is 12.5. The van der Waals surface area contributed by atoms with Gasteiger partial charge in [0.15, 0.2) is 5.82 Å². The van der Waals surface area contributed by atoms with Crippen molar-refractivity contribution in [3.63, 3.8) is 0 Å². The van der Waals surface area contributed by atoms with Crippen LogP contribution in [0.25, 0.3) is 11.8 Å². The first-order valence-corrected chi connectivity index (χ1v) is 7.82. The van der Waals surface area contributed by atoms with Gasteiger partial charge in [0, 0.05) is 5.56 Å². The minimum absolute atomic E-state index is 0.209. The summed E-state index contributed by atoms with van der Waals surface area (Å²) in [7, 11) is 0. The lowest BCUT2D eigenvalue weighted by molar-refractivity contribution is 0.0973. The molecule has 5 nitrogen and oxygen atoms in total. The third kappa shape index (κ3) is 3.85. The molecule has 24 heavy (non-hydrogen) atoms. The molecular formula is C18H16N4OS. The Labute approximate surface area is 144 Å². The molecule has 3 aromatic rings. The minimum atomic E-state index is -0.209. The molecule has 0 aliphatic heterocycles. The van der Waals surface area contributed by atoms with Crippen LogP contribution in [0.3, 0.4) is 0 Å². The smallest absolute Gasteiger partial charge is 0.255 e. The van der Waals surface area contributed by atoms with Crippen molar-refractivity contribution < 1.29 is 4.79 Å². The van der Waals surface area contributed by atoms with Crippen LogP contribution in [-0.4, -0.2) is 21.1 Å². The quantitative estimate of drug-likeness (QED) is 0.636. The van der Waals surface area contributed by atoms with Crippen LogP contribution in [-0.2, 0) is 0 Å². The van der Waals surface area contributed by atoms with Crippen LogP contribution in [0.15, 0.2) is 54.6 Å². The molecular weight excluding hydrogens is 320 g/mol. The Balaban J connectivity index is 1.93. The summed E-state index contributed by atoms with van der Waals surface area (Å²) in [6.07, 6.45) is 1.84. The molecule has 2 aromatic carbocycles. The molecule has 0 spiro atoms. The van der Waals surface area contributed by atoms with Crippen molar-refractivity contribution in [2.24, 2.45) is 0 Å². The van der Waals surface area contributed by atoms with Gasteiger partial charge in [0.2, 0.25) is 4.77 Å². The van der Waals surface area contributed by atoms with Gasteiger partial charge in [-0.1, -0.05) is 48.0 Å². The SMILES string of the molecule is Cc1ccc(C(=O)NC(=Cc2ccccc2)c2nc(=S)[nH][nH]2)cc1. The molecule has 0 saturated heterocycles. The normalized spacial score (nSPS) is 11.3. The largest absolute Gasteiger partial charge is 0.319 e. The highest BCUT2D eigenvalue weighted by Gasteiger charge is 2.12. The standard InChI is InChI=1S/C18H16N4OS/c1-12-7-9-14(10-8-12)17(23)19-15(16-20-18(24)22-21-16)11-13-5-3-2-4-6-13/h2-11H,1H3,(H,19,23)(H2,20,21,22,24). The number of hydrogen-bond acceptors (Lipinski definition) is 3. The lowest BCUT2D eigenvalue weighted by Gasteiger charge is -2.08. The molecule has 6 heteroatoms. The van der Waals surface area contributed by atoms with E-state index in [1.807, 2.05) is 55.5 Å². The molecule has 0 aliphatic rings. The number of rotatable bonds is 4. The lowest BCUT2D eigenvalue weighted by Crippen LogP contribution is -2.22. The summed E-state index contributed by atoms with van der Waals surface area (Å²) in [5, 5.41) is 8.50. The first-order chi connectivity index (χ1) is 11.6. The Morgan fingerprint density at radius 3 is 2.42 bits per heavy atom. The zero-order valence-corrected chi connectivity index (χ0v) is 13.9. The summed E-state index contributed by atoms with van der Waals surface area (Å²) in [4.78, 5) is 16.7. The van der Waals surface area contributed by atoms with Gasteiger partial charge in [-0.05, 0) is 42.9 Å². The zero-order chi connectivity index (χ0) is 16.9. The van der Waals surface area contributed by atoms with Crippen LogP contribution in [0.1, 0.15) is 27.3 Å². The number of aromatic amines is 2. The van der Waals surface area contributed by atoms with Crippen molar-refractivity contribution in [2.75, 3.05) is 0 Å². The summed E-state index contributed by atoms with van der Waals surface area (Å²) in [5.41, 5.74) is 3.16. The second-order valence-corrected chi connectivity index (χ2v) is 5.69. The van der Waals surface area contributed by atoms with Crippen LogP contribution in [0.4, 0.5) is 0 Å². The molecule has 0 bridgehead atoms. The summed E-state index contributed by atoms with van der Waals surface area (Å²) in [5.74, 6) is 0.267. The average Bonchev–Trinajstić information content (AvgIpc) is 3.02. The highest BCUT2D eigenvalue weighted by Crippen LogP contribution is 2.13. The van der Waals surface area contributed by atoms with Crippen molar-refractivity contribution in [1.29, 1.82) is 0 Å². The Morgan fingerprint density at radius 2 is 1.79 bits per heavy atom. The fraction of sp³-hybridized carbons (Fsp3) is 0.0556. The number of benzene rings is 2. The predicted molar refractivity (Wildman–Crippen MR) is 96.7 cm³/mol. The molecule has 0 aliphatic carbocycles. The number of carbonyl (C=O) groups is 1. The van der Waals surface area contributed by atoms with E-state index in [-0.39, 0.29) is 5.91 Å². The first-order valence-electron chi connectivity index (χ1n) is 7.41. The van der Waals surface area contributed by atoms with Gasteiger partial charge in [0.25, 0.3) is 5.91 Å².